The van der Waals surface area contributed by atoms with Crippen LogP contribution in [0.25, 0.3) is 10.9 Å². The SMILES string of the molecule is COC[C@@H](C)n1c(SCC(=O)Nc2ccccc2C(C)=O)nc2ccccc2c1=O. The van der Waals surface area contributed by atoms with Crippen molar-refractivity contribution in [1.82, 2.24) is 9.55 Å². The number of hydrogen-bond donors (Lipinski definition) is 1. The predicted molar refractivity (Wildman–Crippen MR) is 118 cm³/mol. The van der Waals surface area contributed by atoms with Crippen molar-refractivity contribution in [2.75, 3.05) is 24.8 Å². The van der Waals surface area contributed by atoms with E-state index in [9.17, 15) is 14.4 Å². The van der Waals surface area contributed by atoms with E-state index in [-0.39, 0.29) is 29.0 Å². The molecule has 1 aromatic heterocycles. The van der Waals surface area contributed by atoms with E-state index in [1.54, 1.807) is 54.1 Å². The predicted octanol–water partition coefficient (Wildman–Crippen LogP) is 3.54. The first-order chi connectivity index (χ1) is 14.4. The normalized spacial score (nSPS) is 12.0. The third-order valence-electron chi connectivity index (χ3n) is 4.54. The van der Waals surface area contributed by atoms with E-state index in [1.165, 1.54) is 18.7 Å². The molecule has 1 atom stereocenters. The summed E-state index contributed by atoms with van der Waals surface area (Å²) in [6, 6.07) is 13.7. The Bertz CT molecular complexity index is 1140. The Hall–Kier alpha value is -2.97. The molecule has 0 aliphatic heterocycles. The summed E-state index contributed by atoms with van der Waals surface area (Å²) in [5.41, 5.74) is 1.32. The number of carbonyl (C=O) groups excluding carboxylic acids is 2. The minimum atomic E-state index is -0.290. The lowest BCUT2D eigenvalue weighted by Gasteiger charge is -2.18. The lowest BCUT2D eigenvalue weighted by atomic mass is 10.1. The molecule has 1 amide bonds. The number of para-hydroxylation sites is 2. The fourth-order valence-corrected chi connectivity index (χ4v) is 4.04. The highest BCUT2D eigenvalue weighted by molar-refractivity contribution is 7.99. The third-order valence-corrected chi connectivity index (χ3v) is 5.49. The molecule has 3 rings (SSSR count). The van der Waals surface area contributed by atoms with Crippen LogP contribution in [0.1, 0.15) is 30.2 Å². The zero-order valence-electron chi connectivity index (χ0n) is 17.0. The number of ether oxygens (including phenoxy) is 1. The standard InChI is InChI=1S/C22H23N3O4S/c1-14(12-29-3)25-21(28)17-9-5-7-11-19(17)24-22(25)30-13-20(27)23-18-10-6-4-8-16(18)15(2)26/h4-11,14H,12-13H2,1-3H3,(H,23,27)/t14-/m1/s1. The largest absolute Gasteiger partial charge is 0.383 e. The van der Waals surface area contributed by atoms with Crippen molar-refractivity contribution in [2.45, 2.75) is 25.0 Å². The van der Waals surface area contributed by atoms with E-state index in [2.05, 4.69) is 10.3 Å². The van der Waals surface area contributed by atoms with Crippen LogP contribution in [-0.4, -0.2) is 40.7 Å². The highest BCUT2D eigenvalue weighted by Crippen LogP contribution is 2.22. The van der Waals surface area contributed by atoms with Gasteiger partial charge in [0.15, 0.2) is 10.9 Å². The molecule has 0 radical (unpaired) electrons. The number of Topliss-reactive ketones (excluding diaryl/α,β-unsaturated/α-hetero) is 1. The van der Waals surface area contributed by atoms with Crippen molar-refractivity contribution in [3.05, 3.63) is 64.4 Å². The van der Waals surface area contributed by atoms with Crippen molar-refractivity contribution < 1.29 is 14.3 Å². The summed E-state index contributed by atoms with van der Waals surface area (Å²) in [5.74, 6) is -0.379. The summed E-state index contributed by atoms with van der Waals surface area (Å²) in [7, 11) is 1.57. The zero-order valence-corrected chi connectivity index (χ0v) is 17.9. The fourth-order valence-electron chi connectivity index (χ4n) is 3.15. The number of nitrogens with zero attached hydrogens (tertiary/aromatic N) is 2. The molecule has 0 saturated heterocycles. The van der Waals surface area contributed by atoms with Gasteiger partial charge < -0.3 is 10.1 Å². The summed E-state index contributed by atoms with van der Waals surface area (Å²) >= 11 is 1.17. The molecule has 0 saturated carbocycles. The van der Waals surface area contributed by atoms with E-state index in [0.29, 0.717) is 33.9 Å². The first-order valence-corrected chi connectivity index (χ1v) is 10.4. The Morgan fingerprint density at radius 3 is 2.60 bits per heavy atom. The Morgan fingerprint density at radius 2 is 1.87 bits per heavy atom. The van der Waals surface area contributed by atoms with E-state index in [4.69, 9.17) is 4.74 Å². The van der Waals surface area contributed by atoms with Gasteiger partial charge in [0.2, 0.25) is 5.91 Å². The van der Waals surface area contributed by atoms with Gasteiger partial charge in [-0.25, -0.2) is 4.98 Å². The summed E-state index contributed by atoms with van der Waals surface area (Å²) in [6.07, 6.45) is 0. The molecule has 1 heterocycles. The maximum absolute atomic E-state index is 13.0. The molecular weight excluding hydrogens is 402 g/mol. The van der Waals surface area contributed by atoms with Crippen LogP contribution < -0.4 is 10.9 Å². The lowest BCUT2D eigenvalue weighted by molar-refractivity contribution is -0.113. The second kappa shape index (κ2) is 9.69. The molecule has 8 heteroatoms. The monoisotopic (exact) mass is 425 g/mol. The number of methoxy groups -OCH3 is 1. The number of nitrogens with one attached hydrogen (secondary N) is 1. The van der Waals surface area contributed by atoms with Crippen LogP contribution in [0.2, 0.25) is 0 Å². The van der Waals surface area contributed by atoms with E-state index in [0.717, 1.165) is 0 Å². The summed E-state index contributed by atoms with van der Waals surface area (Å²) in [5, 5.41) is 3.73. The molecule has 0 spiro atoms. The van der Waals surface area contributed by atoms with Crippen LogP contribution in [0.4, 0.5) is 5.69 Å². The van der Waals surface area contributed by atoms with E-state index < -0.39 is 0 Å². The van der Waals surface area contributed by atoms with E-state index in [1.807, 2.05) is 13.0 Å². The fraction of sp³-hybridized carbons (Fsp3) is 0.273. The number of rotatable bonds is 8. The number of benzene rings is 2. The number of aromatic nitrogens is 2. The second-order valence-electron chi connectivity index (χ2n) is 6.83. The molecule has 1 N–H and O–H groups in total. The molecule has 7 nitrogen and oxygen atoms in total. The lowest BCUT2D eigenvalue weighted by Crippen LogP contribution is -2.29. The van der Waals surface area contributed by atoms with Crippen LogP contribution in [0, 0.1) is 0 Å². The van der Waals surface area contributed by atoms with Gasteiger partial charge in [-0.1, -0.05) is 36.0 Å². The molecule has 156 valence electrons. The smallest absolute Gasteiger partial charge is 0.262 e. The number of ketones is 1. The van der Waals surface area contributed by atoms with Crippen LogP contribution in [0.3, 0.4) is 0 Å². The summed E-state index contributed by atoms with van der Waals surface area (Å²) in [6.45, 7) is 3.66. The Labute approximate surface area is 178 Å². The highest BCUT2D eigenvalue weighted by atomic mass is 32.2. The van der Waals surface area contributed by atoms with Gasteiger partial charge in [0.05, 0.1) is 35.0 Å². The van der Waals surface area contributed by atoms with Gasteiger partial charge in [0, 0.05) is 12.7 Å². The number of fused-ring (bicyclic) bond motifs is 1. The van der Waals surface area contributed by atoms with Gasteiger partial charge in [0.25, 0.3) is 5.56 Å². The topological polar surface area (TPSA) is 90.3 Å². The van der Waals surface area contributed by atoms with Crippen molar-refractivity contribution in [1.29, 1.82) is 0 Å². The summed E-state index contributed by atoms with van der Waals surface area (Å²) < 4.78 is 6.78. The second-order valence-corrected chi connectivity index (χ2v) is 7.77. The molecule has 0 fully saturated rings. The Balaban J connectivity index is 1.86. The molecule has 2 aromatic carbocycles. The van der Waals surface area contributed by atoms with Crippen LogP contribution >= 0.6 is 11.8 Å². The van der Waals surface area contributed by atoms with Gasteiger partial charge in [-0.2, -0.15) is 0 Å². The van der Waals surface area contributed by atoms with Gasteiger partial charge >= 0.3 is 0 Å². The quantitative estimate of drug-likeness (QED) is 0.337. The Kier molecular flexibility index (Phi) is 7.02. The first-order valence-electron chi connectivity index (χ1n) is 9.45. The van der Waals surface area contributed by atoms with Crippen LogP contribution in [0.5, 0.6) is 0 Å². The molecule has 0 aliphatic carbocycles. The maximum Gasteiger partial charge on any atom is 0.262 e. The highest BCUT2D eigenvalue weighted by Gasteiger charge is 2.18. The molecule has 30 heavy (non-hydrogen) atoms. The molecule has 0 bridgehead atoms. The molecule has 3 aromatic rings. The molecular formula is C22H23N3O4S. The molecule has 0 aliphatic rings. The average molecular weight is 426 g/mol. The van der Waals surface area contributed by atoms with Crippen molar-refractivity contribution in [3.8, 4) is 0 Å². The van der Waals surface area contributed by atoms with Crippen molar-refractivity contribution in [2.24, 2.45) is 0 Å². The van der Waals surface area contributed by atoms with Gasteiger partial charge in [-0.3, -0.25) is 19.0 Å². The average Bonchev–Trinajstić information content (AvgIpc) is 2.72. The first kappa shape index (κ1) is 21.7. The minimum absolute atomic E-state index is 0.0384. The number of thioether (sulfide) groups is 1. The number of carbonyl (C=O) groups is 2. The van der Waals surface area contributed by atoms with Crippen molar-refractivity contribution >= 4 is 40.0 Å². The zero-order chi connectivity index (χ0) is 21.7. The van der Waals surface area contributed by atoms with Crippen LogP contribution in [0.15, 0.2) is 58.5 Å². The number of anilines is 1. The maximum atomic E-state index is 13.0. The number of amides is 1. The molecule has 0 unspecified atom stereocenters. The van der Waals surface area contributed by atoms with Crippen LogP contribution in [-0.2, 0) is 9.53 Å². The van der Waals surface area contributed by atoms with Gasteiger partial charge in [0.1, 0.15) is 0 Å². The van der Waals surface area contributed by atoms with Gasteiger partial charge in [-0.15, -0.1) is 0 Å². The summed E-state index contributed by atoms with van der Waals surface area (Å²) in [4.78, 5) is 41.9. The minimum Gasteiger partial charge on any atom is -0.383 e. The number of hydrogen-bond acceptors (Lipinski definition) is 6. The van der Waals surface area contributed by atoms with Crippen molar-refractivity contribution in [3.63, 3.8) is 0 Å². The third kappa shape index (κ3) is 4.77. The van der Waals surface area contributed by atoms with E-state index >= 15 is 0 Å². The van der Waals surface area contributed by atoms with Gasteiger partial charge in [-0.05, 0) is 38.1 Å². The Morgan fingerprint density at radius 1 is 1.17 bits per heavy atom.